The predicted octanol–water partition coefficient (Wildman–Crippen LogP) is 3.97. The lowest BCUT2D eigenvalue weighted by Crippen LogP contribution is -2.42. The zero-order chi connectivity index (χ0) is 15.9. The Bertz CT molecular complexity index is 485. The van der Waals surface area contributed by atoms with E-state index in [-0.39, 0.29) is 18.1 Å². The number of nitrogens with zero attached hydrogens (tertiary/aromatic N) is 1. The summed E-state index contributed by atoms with van der Waals surface area (Å²) in [5, 5.41) is 0. The summed E-state index contributed by atoms with van der Waals surface area (Å²) in [7, 11) is 0. The molecule has 1 fully saturated rings. The average Bonchev–Trinajstić information content (AvgIpc) is 2.97. The van der Waals surface area contributed by atoms with Crippen molar-refractivity contribution >= 4 is 5.97 Å². The van der Waals surface area contributed by atoms with E-state index in [2.05, 4.69) is 42.7 Å². The highest BCUT2D eigenvalue weighted by molar-refractivity contribution is 5.76. The molecule has 1 heterocycles. The highest BCUT2D eigenvalue weighted by Gasteiger charge is 2.41. The Balaban J connectivity index is 2.17. The van der Waals surface area contributed by atoms with Crippen molar-refractivity contribution in [3.8, 4) is 0 Å². The molecule has 0 bridgehead atoms. The summed E-state index contributed by atoms with van der Waals surface area (Å²) in [6.07, 6.45) is 4.94. The van der Waals surface area contributed by atoms with E-state index in [1.165, 1.54) is 5.56 Å². The average molecular weight is 301 g/mol. The molecule has 3 unspecified atom stereocenters. The van der Waals surface area contributed by atoms with Crippen LogP contribution >= 0.6 is 0 Å². The maximum atomic E-state index is 12.5. The van der Waals surface area contributed by atoms with Crippen LogP contribution in [0.25, 0.3) is 0 Å². The molecule has 1 aliphatic rings. The number of ether oxygens (including phenoxy) is 1. The molecule has 0 radical (unpaired) electrons. The van der Waals surface area contributed by atoms with Gasteiger partial charge in [-0.3, -0.25) is 9.69 Å². The number of carbonyl (C=O) groups excluding carboxylic acids is 1. The molecule has 0 saturated carbocycles. The van der Waals surface area contributed by atoms with Gasteiger partial charge >= 0.3 is 5.97 Å². The van der Waals surface area contributed by atoms with Gasteiger partial charge in [0.25, 0.3) is 0 Å². The first-order valence-electron chi connectivity index (χ1n) is 8.27. The number of likely N-dealkylation sites (tertiary alicyclic amines) is 1. The molecule has 0 N–H and O–H groups in total. The van der Waals surface area contributed by atoms with Gasteiger partial charge in [-0.25, -0.2) is 0 Å². The second kappa shape index (κ2) is 8.14. The van der Waals surface area contributed by atoms with Gasteiger partial charge < -0.3 is 4.74 Å². The van der Waals surface area contributed by atoms with Crippen molar-refractivity contribution in [1.82, 2.24) is 4.90 Å². The second-order valence-corrected chi connectivity index (χ2v) is 5.94. The van der Waals surface area contributed by atoms with Crippen LogP contribution in [0.1, 0.15) is 44.7 Å². The minimum atomic E-state index is -0.130. The number of rotatable bonds is 7. The van der Waals surface area contributed by atoms with Gasteiger partial charge in [0.1, 0.15) is 6.04 Å². The molecule has 0 aliphatic carbocycles. The zero-order valence-corrected chi connectivity index (χ0v) is 13.7. The Morgan fingerprint density at radius 3 is 2.82 bits per heavy atom. The Morgan fingerprint density at radius 1 is 1.45 bits per heavy atom. The second-order valence-electron chi connectivity index (χ2n) is 5.94. The highest BCUT2D eigenvalue weighted by Crippen LogP contribution is 2.35. The van der Waals surface area contributed by atoms with E-state index in [0.717, 1.165) is 25.8 Å². The van der Waals surface area contributed by atoms with Gasteiger partial charge in [-0.2, -0.15) is 0 Å². The molecule has 1 aromatic carbocycles. The SMILES string of the molecule is C=CCCC1CCN(C(C)c2ccccc2)C1C(=O)OCC. The first kappa shape index (κ1) is 16.8. The maximum absolute atomic E-state index is 12.5. The number of allylic oxidation sites excluding steroid dienone is 1. The molecule has 1 aliphatic heterocycles. The fraction of sp³-hybridized carbons (Fsp3) is 0.526. The Labute approximate surface area is 134 Å². The van der Waals surface area contributed by atoms with Crippen LogP contribution in [0.5, 0.6) is 0 Å². The molecule has 0 aromatic heterocycles. The largest absolute Gasteiger partial charge is 0.465 e. The molecule has 120 valence electrons. The van der Waals surface area contributed by atoms with E-state index >= 15 is 0 Å². The molecule has 22 heavy (non-hydrogen) atoms. The number of benzene rings is 1. The van der Waals surface area contributed by atoms with Gasteiger partial charge in [-0.15, -0.1) is 6.58 Å². The van der Waals surface area contributed by atoms with Gasteiger partial charge in [0.05, 0.1) is 6.61 Å². The third-order valence-corrected chi connectivity index (χ3v) is 4.61. The van der Waals surface area contributed by atoms with E-state index < -0.39 is 0 Å². The molecule has 0 spiro atoms. The van der Waals surface area contributed by atoms with Gasteiger partial charge in [-0.05, 0) is 51.1 Å². The summed E-state index contributed by atoms with van der Waals surface area (Å²) >= 11 is 0. The van der Waals surface area contributed by atoms with Crippen LogP contribution in [0, 0.1) is 5.92 Å². The third-order valence-electron chi connectivity index (χ3n) is 4.61. The molecule has 3 heteroatoms. The molecular formula is C19H27NO2. The first-order valence-corrected chi connectivity index (χ1v) is 8.27. The van der Waals surface area contributed by atoms with Crippen LogP contribution < -0.4 is 0 Å². The van der Waals surface area contributed by atoms with E-state index in [1.807, 2.05) is 19.1 Å². The van der Waals surface area contributed by atoms with Gasteiger partial charge in [0, 0.05) is 6.04 Å². The number of hydrogen-bond donors (Lipinski definition) is 0. The molecule has 1 saturated heterocycles. The van der Waals surface area contributed by atoms with Crippen molar-refractivity contribution in [2.45, 2.75) is 45.2 Å². The topological polar surface area (TPSA) is 29.5 Å². The Hall–Kier alpha value is -1.61. The highest BCUT2D eigenvalue weighted by atomic mass is 16.5. The number of hydrogen-bond acceptors (Lipinski definition) is 3. The van der Waals surface area contributed by atoms with Crippen LogP contribution in [0.3, 0.4) is 0 Å². The molecule has 1 aromatic rings. The fourth-order valence-electron chi connectivity index (χ4n) is 3.43. The lowest BCUT2D eigenvalue weighted by atomic mass is 9.94. The molecule has 3 nitrogen and oxygen atoms in total. The number of esters is 1. The molecular weight excluding hydrogens is 274 g/mol. The van der Waals surface area contributed by atoms with Crippen molar-refractivity contribution in [1.29, 1.82) is 0 Å². The minimum absolute atomic E-state index is 0.0724. The molecule has 0 amide bonds. The quantitative estimate of drug-likeness (QED) is 0.564. The van der Waals surface area contributed by atoms with Crippen LogP contribution in [-0.2, 0) is 9.53 Å². The summed E-state index contributed by atoms with van der Waals surface area (Å²) < 4.78 is 5.35. The maximum Gasteiger partial charge on any atom is 0.323 e. The Morgan fingerprint density at radius 2 is 2.18 bits per heavy atom. The Kier molecular flexibility index (Phi) is 6.20. The standard InChI is InChI=1S/C19H27NO2/c1-4-6-10-17-13-14-20(18(17)19(21)22-5-2)15(3)16-11-8-7-9-12-16/h4,7-9,11-12,15,17-18H,1,5-6,10,13-14H2,2-3H3. The van der Waals surface area contributed by atoms with Gasteiger partial charge in [0.15, 0.2) is 0 Å². The minimum Gasteiger partial charge on any atom is -0.465 e. The monoisotopic (exact) mass is 301 g/mol. The summed E-state index contributed by atoms with van der Waals surface area (Å²) in [6.45, 7) is 9.24. The van der Waals surface area contributed by atoms with Crippen molar-refractivity contribution in [2.75, 3.05) is 13.2 Å². The zero-order valence-electron chi connectivity index (χ0n) is 13.7. The molecule has 2 rings (SSSR count). The summed E-state index contributed by atoms with van der Waals surface area (Å²) in [6, 6.07) is 10.5. The predicted molar refractivity (Wildman–Crippen MR) is 89.5 cm³/mol. The van der Waals surface area contributed by atoms with Crippen LogP contribution in [0.15, 0.2) is 43.0 Å². The summed E-state index contributed by atoms with van der Waals surface area (Å²) in [5.74, 6) is 0.292. The van der Waals surface area contributed by atoms with Crippen LogP contribution in [-0.4, -0.2) is 30.1 Å². The summed E-state index contributed by atoms with van der Waals surface area (Å²) in [5.41, 5.74) is 1.25. The van der Waals surface area contributed by atoms with Crippen molar-refractivity contribution < 1.29 is 9.53 Å². The summed E-state index contributed by atoms with van der Waals surface area (Å²) in [4.78, 5) is 14.8. The van der Waals surface area contributed by atoms with Crippen LogP contribution in [0.4, 0.5) is 0 Å². The van der Waals surface area contributed by atoms with Crippen LogP contribution in [0.2, 0.25) is 0 Å². The number of carbonyl (C=O) groups is 1. The first-order chi connectivity index (χ1) is 10.7. The van der Waals surface area contributed by atoms with E-state index in [4.69, 9.17) is 4.74 Å². The van der Waals surface area contributed by atoms with E-state index in [9.17, 15) is 4.79 Å². The third kappa shape index (κ3) is 3.77. The normalized spacial score (nSPS) is 23.2. The fourth-order valence-corrected chi connectivity index (χ4v) is 3.43. The van der Waals surface area contributed by atoms with Crippen molar-refractivity contribution in [3.05, 3.63) is 48.6 Å². The lowest BCUT2D eigenvalue weighted by molar-refractivity contribution is -0.150. The smallest absolute Gasteiger partial charge is 0.323 e. The van der Waals surface area contributed by atoms with Gasteiger partial charge in [0.2, 0.25) is 0 Å². The van der Waals surface area contributed by atoms with Crippen molar-refractivity contribution in [3.63, 3.8) is 0 Å². The van der Waals surface area contributed by atoms with E-state index in [1.54, 1.807) is 0 Å². The molecule has 3 atom stereocenters. The van der Waals surface area contributed by atoms with E-state index in [0.29, 0.717) is 12.5 Å². The van der Waals surface area contributed by atoms with Gasteiger partial charge in [-0.1, -0.05) is 36.4 Å². The lowest BCUT2D eigenvalue weighted by Gasteiger charge is -2.31. The van der Waals surface area contributed by atoms with Crippen molar-refractivity contribution in [2.24, 2.45) is 5.92 Å².